The van der Waals surface area contributed by atoms with Crippen molar-refractivity contribution in [1.82, 2.24) is 0 Å². The lowest BCUT2D eigenvalue weighted by molar-refractivity contribution is -0.126. The molecule has 0 N–H and O–H groups in total. The molecule has 1 saturated heterocycles. The molecule has 1 fully saturated rings. The zero-order chi connectivity index (χ0) is 14.9. The topological polar surface area (TPSA) is 54.5 Å². The Bertz CT molecular complexity index is 539. The smallest absolute Gasteiger partial charge is 0.238 e. The molecule has 4 nitrogen and oxygen atoms in total. The molecule has 0 saturated carbocycles. The highest BCUT2D eigenvalue weighted by Gasteiger charge is 2.44. The van der Waals surface area contributed by atoms with Crippen molar-refractivity contribution in [3.05, 3.63) is 28.7 Å². The van der Waals surface area contributed by atoms with Crippen molar-refractivity contribution in [2.45, 2.75) is 20.3 Å². The molecule has 0 radical (unpaired) electrons. The number of hydrogen-bond donors (Lipinski definition) is 0. The molecule has 1 heterocycles. The number of benzene rings is 1. The number of hydrogen-bond acceptors (Lipinski definition) is 3. The van der Waals surface area contributed by atoms with Gasteiger partial charge in [-0.05, 0) is 30.2 Å². The van der Waals surface area contributed by atoms with E-state index in [1.807, 2.05) is 13.8 Å². The fraction of sp³-hybridized carbons (Fsp3) is 0.400. The second kappa shape index (κ2) is 5.87. The molecule has 5 heteroatoms. The van der Waals surface area contributed by atoms with Crippen LogP contribution in [0.15, 0.2) is 28.7 Å². The molecule has 1 aromatic carbocycles. The summed E-state index contributed by atoms with van der Waals surface area (Å²) in [5, 5.41) is 0. The van der Waals surface area contributed by atoms with Crippen LogP contribution in [0.25, 0.3) is 0 Å². The Balaban J connectivity index is 2.29. The van der Waals surface area contributed by atoms with E-state index < -0.39 is 11.8 Å². The van der Waals surface area contributed by atoms with Crippen LogP contribution in [0.5, 0.6) is 0 Å². The number of aldehydes is 1. The Kier molecular flexibility index (Phi) is 4.38. The molecule has 0 bridgehead atoms. The molecule has 0 aliphatic carbocycles. The molecule has 0 unspecified atom stereocenters. The van der Waals surface area contributed by atoms with Gasteiger partial charge in [-0.15, -0.1) is 0 Å². The Morgan fingerprint density at radius 2 is 1.85 bits per heavy atom. The van der Waals surface area contributed by atoms with E-state index in [1.54, 1.807) is 24.3 Å². The van der Waals surface area contributed by atoms with E-state index >= 15 is 0 Å². The van der Waals surface area contributed by atoms with E-state index in [-0.39, 0.29) is 24.2 Å². The van der Waals surface area contributed by atoms with E-state index in [1.165, 1.54) is 4.90 Å². The van der Waals surface area contributed by atoms with E-state index in [4.69, 9.17) is 0 Å². The van der Waals surface area contributed by atoms with Crippen molar-refractivity contribution in [3.8, 4) is 0 Å². The zero-order valence-corrected chi connectivity index (χ0v) is 13.0. The first-order chi connectivity index (χ1) is 9.45. The molecule has 0 spiro atoms. The van der Waals surface area contributed by atoms with Gasteiger partial charge in [0.25, 0.3) is 0 Å². The van der Waals surface area contributed by atoms with Crippen molar-refractivity contribution in [2.24, 2.45) is 17.8 Å². The molecular formula is C15H16BrNO3. The molecule has 2 rings (SSSR count). The monoisotopic (exact) mass is 337 g/mol. The van der Waals surface area contributed by atoms with Crippen LogP contribution in [0, 0.1) is 17.8 Å². The van der Waals surface area contributed by atoms with Crippen molar-refractivity contribution >= 4 is 39.7 Å². The van der Waals surface area contributed by atoms with Crippen LogP contribution in [0.1, 0.15) is 20.3 Å². The zero-order valence-electron chi connectivity index (χ0n) is 11.4. The van der Waals surface area contributed by atoms with Crippen LogP contribution in [-0.4, -0.2) is 18.1 Å². The fourth-order valence-electron chi connectivity index (χ4n) is 2.53. The molecule has 1 aliphatic rings. The van der Waals surface area contributed by atoms with Crippen LogP contribution >= 0.6 is 15.9 Å². The van der Waals surface area contributed by atoms with Gasteiger partial charge in [-0.3, -0.25) is 14.5 Å². The number of carbonyl (C=O) groups is 3. The van der Waals surface area contributed by atoms with Gasteiger partial charge >= 0.3 is 0 Å². The van der Waals surface area contributed by atoms with Gasteiger partial charge < -0.3 is 4.79 Å². The van der Waals surface area contributed by atoms with Crippen molar-refractivity contribution in [1.29, 1.82) is 0 Å². The third kappa shape index (κ3) is 2.68. The van der Waals surface area contributed by atoms with Crippen LogP contribution in [0.2, 0.25) is 0 Å². The number of carbonyl (C=O) groups excluding carboxylic acids is 3. The lowest BCUT2D eigenvalue weighted by atomic mass is 9.83. The quantitative estimate of drug-likeness (QED) is 0.627. The standard InChI is InChI=1S/C15H16BrNO3/c1-9(2)13(8-18)12-7-14(19)17(15(12)20)11-5-3-10(16)4-6-11/h3-6,8-9,12-13H,7H2,1-2H3/t12-,13+/m0/s1. The Morgan fingerprint density at radius 1 is 1.25 bits per heavy atom. The van der Waals surface area contributed by atoms with Crippen molar-refractivity contribution < 1.29 is 14.4 Å². The number of halogens is 1. The second-order valence-corrected chi connectivity index (χ2v) is 6.23. The predicted molar refractivity (Wildman–Crippen MR) is 79.1 cm³/mol. The average Bonchev–Trinajstić information content (AvgIpc) is 2.67. The normalized spacial score (nSPS) is 20.6. The minimum absolute atomic E-state index is 0.0408. The molecule has 106 valence electrons. The summed E-state index contributed by atoms with van der Waals surface area (Å²) in [7, 11) is 0. The number of imide groups is 1. The number of nitrogens with zero attached hydrogens (tertiary/aromatic N) is 1. The van der Waals surface area contributed by atoms with Gasteiger partial charge in [0.05, 0.1) is 11.6 Å². The van der Waals surface area contributed by atoms with Gasteiger partial charge in [0.2, 0.25) is 11.8 Å². The first kappa shape index (κ1) is 14.9. The van der Waals surface area contributed by atoms with Gasteiger partial charge in [0, 0.05) is 16.8 Å². The lowest BCUT2D eigenvalue weighted by Gasteiger charge is -2.20. The number of amides is 2. The van der Waals surface area contributed by atoms with Crippen LogP contribution in [0.4, 0.5) is 5.69 Å². The minimum Gasteiger partial charge on any atom is -0.303 e. The molecule has 2 amide bonds. The van der Waals surface area contributed by atoms with E-state index in [0.717, 1.165) is 10.8 Å². The maximum absolute atomic E-state index is 12.4. The summed E-state index contributed by atoms with van der Waals surface area (Å²) in [5.41, 5.74) is 0.555. The van der Waals surface area contributed by atoms with Crippen molar-refractivity contribution in [2.75, 3.05) is 4.90 Å². The Hall–Kier alpha value is -1.49. The van der Waals surface area contributed by atoms with Gasteiger partial charge in [-0.1, -0.05) is 29.8 Å². The highest BCUT2D eigenvalue weighted by Crippen LogP contribution is 2.33. The van der Waals surface area contributed by atoms with E-state index in [2.05, 4.69) is 15.9 Å². The largest absolute Gasteiger partial charge is 0.303 e. The van der Waals surface area contributed by atoms with Gasteiger partial charge in [0.15, 0.2) is 0 Å². The van der Waals surface area contributed by atoms with E-state index in [9.17, 15) is 14.4 Å². The van der Waals surface area contributed by atoms with E-state index in [0.29, 0.717) is 5.69 Å². The molecule has 1 aromatic rings. The van der Waals surface area contributed by atoms with Gasteiger partial charge in [-0.25, -0.2) is 0 Å². The summed E-state index contributed by atoms with van der Waals surface area (Å²) >= 11 is 3.31. The van der Waals surface area contributed by atoms with Crippen LogP contribution < -0.4 is 4.90 Å². The maximum atomic E-state index is 12.4. The minimum atomic E-state index is -0.538. The molecule has 20 heavy (non-hydrogen) atoms. The molecule has 2 atom stereocenters. The molecule has 0 aromatic heterocycles. The lowest BCUT2D eigenvalue weighted by Crippen LogP contribution is -2.33. The molecule has 1 aliphatic heterocycles. The highest BCUT2D eigenvalue weighted by molar-refractivity contribution is 9.10. The summed E-state index contributed by atoms with van der Waals surface area (Å²) in [6.07, 6.45) is 0.905. The first-order valence-corrected chi connectivity index (χ1v) is 7.32. The highest BCUT2D eigenvalue weighted by atomic mass is 79.9. The second-order valence-electron chi connectivity index (χ2n) is 5.31. The average molecular weight is 338 g/mol. The maximum Gasteiger partial charge on any atom is 0.238 e. The Labute approximate surface area is 126 Å². The fourth-order valence-corrected chi connectivity index (χ4v) is 2.80. The third-order valence-corrected chi connectivity index (χ3v) is 4.19. The van der Waals surface area contributed by atoms with Crippen LogP contribution in [-0.2, 0) is 14.4 Å². The summed E-state index contributed by atoms with van der Waals surface area (Å²) in [6, 6.07) is 6.99. The van der Waals surface area contributed by atoms with Gasteiger partial charge in [-0.2, -0.15) is 0 Å². The van der Waals surface area contributed by atoms with Gasteiger partial charge in [0.1, 0.15) is 6.29 Å². The number of anilines is 1. The summed E-state index contributed by atoms with van der Waals surface area (Å²) in [4.78, 5) is 36.9. The summed E-state index contributed by atoms with van der Waals surface area (Å²) in [5.74, 6) is -1.42. The summed E-state index contributed by atoms with van der Waals surface area (Å²) in [6.45, 7) is 3.78. The molecular weight excluding hydrogens is 322 g/mol. The van der Waals surface area contributed by atoms with Crippen molar-refractivity contribution in [3.63, 3.8) is 0 Å². The predicted octanol–water partition coefficient (Wildman–Crippen LogP) is 2.80. The first-order valence-electron chi connectivity index (χ1n) is 6.53. The third-order valence-electron chi connectivity index (χ3n) is 3.66. The number of rotatable bonds is 4. The summed E-state index contributed by atoms with van der Waals surface area (Å²) < 4.78 is 0.879. The van der Waals surface area contributed by atoms with Crippen LogP contribution in [0.3, 0.4) is 0 Å². The SMILES string of the molecule is CC(C)[C@@H](C=O)[C@@H]1CC(=O)N(c2ccc(Br)cc2)C1=O. The Morgan fingerprint density at radius 3 is 2.35 bits per heavy atom.